The molecule has 3 aromatic rings. The summed E-state index contributed by atoms with van der Waals surface area (Å²) in [6.45, 7) is 3.86. The van der Waals surface area contributed by atoms with Gasteiger partial charge in [0.15, 0.2) is 0 Å². The summed E-state index contributed by atoms with van der Waals surface area (Å²) in [5.41, 5.74) is 29.4. The van der Waals surface area contributed by atoms with E-state index in [1.807, 2.05) is 0 Å². The van der Waals surface area contributed by atoms with Crippen molar-refractivity contribution in [2.45, 2.75) is 140 Å². The van der Waals surface area contributed by atoms with Gasteiger partial charge in [-0.2, -0.15) is 0 Å². The van der Waals surface area contributed by atoms with Crippen LogP contribution < -0.4 is 71.2 Å². The van der Waals surface area contributed by atoms with E-state index in [9.17, 15) is 67.7 Å². The molecule has 0 aliphatic rings. The number of hydrogen-bond acceptors (Lipinski definition) is 15. The Morgan fingerprint density at radius 1 is 0.544 bits per heavy atom. The molecule has 3 rings (SSSR count). The summed E-state index contributed by atoms with van der Waals surface area (Å²) in [5.74, 6) is -12.2. The smallest absolute Gasteiger partial charge is 0.326 e. The number of aromatic amines is 1. The fourth-order valence-corrected chi connectivity index (χ4v) is 7.93. The molecule has 0 fully saturated rings. The number of carbonyl (C=O) groups is 12. The number of carbonyl (C=O) groups excluding carboxylic acids is 11. The van der Waals surface area contributed by atoms with Crippen molar-refractivity contribution in [3.05, 3.63) is 65.9 Å². The number of aliphatic carboxylic acids is 1. The quantitative estimate of drug-likeness (QED) is 0.0251. The second-order valence-corrected chi connectivity index (χ2v) is 19.2. The van der Waals surface area contributed by atoms with E-state index in [4.69, 9.17) is 28.7 Å². The number of aromatic nitrogens is 1. The van der Waals surface area contributed by atoms with E-state index in [2.05, 4.69) is 47.5 Å². The van der Waals surface area contributed by atoms with Crippen LogP contribution in [0.25, 0.3) is 10.9 Å². The molecule has 0 spiro atoms. The zero-order valence-electron chi connectivity index (χ0n) is 44.3. The van der Waals surface area contributed by atoms with E-state index >= 15 is 0 Å². The van der Waals surface area contributed by atoms with Crippen molar-refractivity contribution >= 4 is 81.9 Å². The number of H-pyrrole nitrogens is 1. The predicted molar refractivity (Wildman–Crippen MR) is 285 cm³/mol. The number of phenolic OH excluding ortho intramolecular Hbond substituents is 1. The maximum atomic E-state index is 14.0. The van der Waals surface area contributed by atoms with Gasteiger partial charge in [-0.25, -0.2) is 4.79 Å². The Hall–Kier alpha value is -8.66. The van der Waals surface area contributed by atoms with Crippen LogP contribution in [0, 0.1) is 5.92 Å². The third kappa shape index (κ3) is 22.5. The molecular weight excluding hydrogens is 1030 g/mol. The van der Waals surface area contributed by atoms with Gasteiger partial charge in [0.2, 0.25) is 65.0 Å². The molecule has 28 nitrogen and oxygen atoms in total. The Morgan fingerprint density at radius 3 is 1.51 bits per heavy atom. The molecule has 2 aromatic carbocycles. The number of amides is 11. The van der Waals surface area contributed by atoms with E-state index < -0.39 is 164 Å². The van der Waals surface area contributed by atoms with Gasteiger partial charge in [0, 0.05) is 49.2 Å². The summed E-state index contributed by atoms with van der Waals surface area (Å²) in [6, 6.07) is 1.53. The van der Waals surface area contributed by atoms with Crippen molar-refractivity contribution in [1.82, 2.24) is 47.5 Å². The molecule has 0 radical (unpaired) electrons. The third-order valence-corrected chi connectivity index (χ3v) is 12.3. The van der Waals surface area contributed by atoms with Crippen molar-refractivity contribution in [2.75, 3.05) is 13.1 Å². The molecule has 79 heavy (non-hydrogen) atoms. The summed E-state index contributed by atoms with van der Waals surface area (Å²) in [7, 11) is 0. The fraction of sp³-hybridized carbons (Fsp3) is 0.490. The molecule has 8 atom stereocenters. The number of carboxylic acids is 1. The molecule has 0 aliphatic heterocycles. The standard InChI is InChI=1S/C51H74N14O14/c1-26(2)43(65-42(70)25-58-45(72)34(15-18-39(54)67)60-49(76)37(63-44(71)27(3)53)22-28-11-13-30(66)14-12-28)50(77)62-36(17-20-41(56)69)48(75)61-35(16-19-40(55)68)47(74)59-33(10-6-7-21-52)46(73)64-38(51(78)79)23-29-24-57-32-9-5-4-8-31(29)32/h4-5,8-9,11-14,24,26-27,33-38,43,57,66H,6-7,10,15-23,25,52-53H2,1-3H3,(H2,54,67)(H2,55,68)(H2,56,69)(H,58,72)(H,59,74)(H,60,76)(H,61,75)(H,62,77)(H,63,71)(H,64,73)(H,65,70)(H,78,79)/t27-,33-,34-,35-,36-,37-,38-,43-/m0/s1. The topological polar surface area (TPSA) is 487 Å². The van der Waals surface area contributed by atoms with Crippen LogP contribution in [0.15, 0.2) is 54.7 Å². The lowest BCUT2D eigenvalue weighted by molar-refractivity contribution is -0.142. The maximum absolute atomic E-state index is 14.0. The zero-order valence-corrected chi connectivity index (χ0v) is 44.3. The molecule has 0 saturated carbocycles. The summed E-state index contributed by atoms with van der Waals surface area (Å²) in [6.07, 6.45) is -0.485. The molecule has 0 bridgehead atoms. The van der Waals surface area contributed by atoms with Crippen LogP contribution in [-0.4, -0.2) is 148 Å². The summed E-state index contributed by atoms with van der Waals surface area (Å²) in [4.78, 5) is 160. The number of nitrogens with two attached hydrogens (primary N) is 5. The monoisotopic (exact) mass is 1110 g/mol. The SMILES string of the molecule is CC(C)[C@H](NC(=O)CNC(=O)[C@H](CCC(N)=O)NC(=O)[C@H](Cc1ccc(O)cc1)NC(=O)[C@H](C)N)C(=O)N[C@@H](CCC(N)=O)C(=O)N[C@@H](CCC(N)=O)C(=O)N[C@@H](CCCCN)C(=O)N[C@@H](Cc1c[nH]c2ccccc12)C(=O)O. The first kappa shape index (κ1) is 64.6. The number of rotatable bonds is 35. The Bertz CT molecular complexity index is 2640. The minimum atomic E-state index is -1.63. The normalized spacial score (nSPS) is 14.1. The number of unbranched alkanes of at least 4 members (excludes halogenated alkanes) is 1. The second kappa shape index (κ2) is 32.2. The van der Waals surface area contributed by atoms with Crippen LogP contribution in [0.4, 0.5) is 0 Å². The summed E-state index contributed by atoms with van der Waals surface area (Å²) in [5, 5.41) is 40.2. The number of benzene rings is 2. The van der Waals surface area contributed by atoms with Gasteiger partial charge in [0.1, 0.15) is 48.0 Å². The zero-order chi connectivity index (χ0) is 58.9. The van der Waals surface area contributed by atoms with Crippen molar-refractivity contribution in [1.29, 1.82) is 0 Å². The lowest BCUT2D eigenvalue weighted by atomic mass is 10.0. The number of primary amides is 3. The molecule has 1 aromatic heterocycles. The Morgan fingerprint density at radius 2 is 1.01 bits per heavy atom. The average Bonchev–Trinajstić information content (AvgIpc) is 3.80. The van der Waals surface area contributed by atoms with E-state index in [-0.39, 0.29) is 38.0 Å². The largest absolute Gasteiger partial charge is 0.508 e. The lowest BCUT2D eigenvalue weighted by Gasteiger charge is -2.28. The van der Waals surface area contributed by atoms with Gasteiger partial charge in [-0.05, 0) is 87.2 Å². The maximum Gasteiger partial charge on any atom is 0.326 e. The Labute approximate surface area is 455 Å². The minimum Gasteiger partial charge on any atom is -0.508 e. The van der Waals surface area contributed by atoms with Crippen LogP contribution in [0.3, 0.4) is 0 Å². The Balaban J connectivity index is 1.78. The minimum absolute atomic E-state index is 0.0280. The van der Waals surface area contributed by atoms with Crippen molar-refractivity contribution in [2.24, 2.45) is 34.6 Å². The van der Waals surface area contributed by atoms with Crippen molar-refractivity contribution in [3.63, 3.8) is 0 Å². The molecule has 1 heterocycles. The highest BCUT2D eigenvalue weighted by molar-refractivity contribution is 5.98. The van der Waals surface area contributed by atoms with Gasteiger partial charge >= 0.3 is 5.97 Å². The van der Waals surface area contributed by atoms with Crippen LogP contribution in [0.1, 0.15) is 89.7 Å². The molecule has 0 unspecified atom stereocenters. The molecule has 0 saturated heterocycles. The van der Waals surface area contributed by atoms with E-state index in [1.54, 1.807) is 30.5 Å². The summed E-state index contributed by atoms with van der Waals surface area (Å²) >= 11 is 0. The van der Waals surface area contributed by atoms with Gasteiger partial charge in [-0.3, -0.25) is 52.7 Å². The van der Waals surface area contributed by atoms with Gasteiger partial charge in [-0.15, -0.1) is 0 Å². The number of phenols is 1. The summed E-state index contributed by atoms with van der Waals surface area (Å²) < 4.78 is 0. The van der Waals surface area contributed by atoms with Gasteiger partial charge in [0.25, 0.3) is 0 Å². The first-order valence-electron chi connectivity index (χ1n) is 25.6. The number of hydrogen-bond donors (Lipinski definition) is 16. The molecular formula is C51H74N14O14. The lowest BCUT2D eigenvalue weighted by Crippen LogP contribution is -2.60. The second-order valence-electron chi connectivity index (χ2n) is 19.2. The highest BCUT2D eigenvalue weighted by Crippen LogP contribution is 2.20. The van der Waals surface area contributed by atoms with Crippen LogP contribution in [0.2, 0.25) is 0 Å². The van der Waals surface area contributed by atoms with E-state index in [1.165, 1.54) is 45.0 Å². The first-order chi connectivity index (χ1) is 37.3. The highest BCUT2D eigenvalue weighted by atomic mass is 16.4. The van der Waals surface area contributed by atoms with Crippen LogP contribution >= 0.6 is 0 Å². The van der Waals surface area contributed by atoms with Gasteiger partial charge in [0.05, 0.1) is 12.6 Å². The fourth-order valence-electron chi connectivity index (χ4n) is 7.93. The first-order valence-corrected chi connectivity index (χ1v) is 25.6. The van der Waals surface area contributed by atoms with Crippen molar-refractivity contribution < 1.29 is 67.7 Å². The number of para-hydroxylation sites is 1. The number of aromatic hydroxyl groups is 1. The van der Waals surface area contributed by atoms with E-state index in [0.29, 0.717) is 24.0 Å². The molecule has 11 amide bonds. The van der Waals surface area contributed by atoms with E-state index in [0.717, 1.165) is 10.9 Å². The van der Waals surface area contributed by atoms with Crippen LogP contribution in [0.5, 0.6) is 5.75 Å². The van der Waals surface area contributed by atoms with Gasteiger partial charge < -0.3 is 86.4 Å². The average molecular weight is 1110 g/mol. The molecule has 28 heteroatoms. The number of carboxylic acid groups (broad SMARTS) is 1. The third-order valence-electron chi connectivity index (χ3n) is 12.3. The van der Waals surface area contributed by atoms with Gasteiger partial charge in [-0.1, -0.05) is 44.2 Å². The predicted octanol–water partition coefficient (Wildman–Crippen LogP) is -3.82. The number of nitrogens with one attached hydrogen (secondary N) is 9. The highest BCUT2D eigenvalue weighted by Gasteiger charge is 2.35. The molecule has 0 aliphatic carbocycles. The Kier molecular flexibility index (Phi) is 26.3. The molecule has 432 valence electrons. The number of fused-ring (bicyclic) bond motifs is 1. The molecule has 21 N–H and O–H groups in total. The van der Waals surface area contributed by atoms with Crippen molar-refractivity contribution in [3.8, 4) is 5.75 Å². The van der Waals surface area contributed by atoms with Crippen LogP contribution in [-0.2, 0) is 70.4 Å².